The fourth-order valence-electron chi connectivity index (χ4n) is 1.94. The first-order valence-corrected chi connectivity index (χ1v) is 5.92. The third kappa shape index (κ3) is 3.08. The van der Waals surface area contributed by atoms with Gasteiger partial charge >= 0.3 is 0 Å². The molecule has 0 atom stereocenters. The van der Waals surface area contributed by atoms with Crippen molar-refractivity contribution in [3.8, 4) is 0 Å². The highest BCUT2D eigenvalue weighted by molar-refractivity contribution is 5.47. The second kappa shape index (κ2) is 5.34. The predicted octanol–water partition coefficient (Wildman–Crippen LogP) is 4.33. The minimum atomic E-state index is -0.928. The van der Waals surface area contributed by atoms with Crippen LogP contribution >= 0.6 is 0 Å². The smallest absolute Gasteiger partial charge is 0.152 e. The zero-order chi connectivity index (χ0) is 14.0. The average Bonchev–Trinajstić information content (AvgIpc) is 2.30. The molecule has 2 aromatic carbocycles. The second-order valence-corrected chi connectivity index (χ2v) is 4.53. The Hall–Kier alpha value is -1.97. The Kier molecular flexibility index (Phi) is 3.79. The molecule has 2 aromatic rings. The number of anilines is 1. The molecule has 0 aliphatic rings. The van der Waals surface area contributed by atoms with Gasteiger partial charge < -0.3 is 5.32 Å². The van der Waals surface area contributed by atoms with Crippen LogP contribution in [-0.4, -0.2) is 0 Å². The standard InChI is InChI=1S/C15H14F3N/c1-9-3-4-11(10(2)5-9)8-19-15-13(17)6-12(16)7-14(15)18/h3-7,19H,8H2,1-2H3. The van der Waals surface area contributed by atoms with Crippen LogP contribution < -0.4 is 5.32 Å². The number of benzene rings is 2. The Morgan fingerprint density at radius 2 is 1.58 bits per heavy atom. The van der Waals surface area contributed by atoms with E-state index >= 15 is 0 Å². The Balaban J connectivity index is 2.19. The summed E-state index contributed by atoms with van der Waals surface area (Å²) in [5, 5.41) is 2.67. The van der Waals surface area contributed by atoms with Gasteiger partial charge in [0, 0.05) is 18.7 Å². The quantitative estimate of drug-likeness (QED) is 0.870. The molecule has 1 nitrogen and oxygen atoms in total. The molecule has 0 amide bonds. The van der Waals surface area contributed by atoms with Crippen LogP contribution in [0.25, 0.3) is 0 Å². The third-order valence-electron chi connectivity index (χ3n) is 2.96. The SMILES string of the molecule is Cc1ccc(CNc2c(F)cc(F)cc2F)c(C)c1. The lowest BCUT2D eigenvalue weighted by molar-refractivity contribution is 0.547. The van der Waals surface area contributed by atoms with E-state index in [-0.39, 0.29) is 12.2 Å². The van der Waals surface area contributed by atoms with Gasteiger partial charge in [0.1, 0.15) is 11.5 Å². The Labute approximate surface area is 110 Å². The maximum atomic E-state index is 13.4. The van der Waals surface area contributed by atoms with Gasteiger partial charge in [-0.3, -0.25) is 0 Å². The molecule has 0 aliphatic carbocycles. The second-order valence-electron chi connectivity index (χ2n) is 4.53. The largest absolute Gasteiger partial charge is 0.376 e. The van der Waals surface area contributed by atoms with Crippen LogP contribution in [-0.2, 0) is 6.54 Å². The lowest BCUT2D eigenvalue weighted by Crippen LogP contribution is -2.05. The summed E-state index contributed by atoms with van der Waals surface area (Å²) in [6.45, 7) is 4.19. The number of hydrogen-bond acceptors (Lipinski definition) is 1. The van der Waals surface area contributed by atoms with E-state index in [1.807, 2.05) is 32.0 Å². The van der Waals surface area contributed by atoms with Crippen LogP contribution in [0.2, 0.25) is 0 Å². The predicted molar refractivity (Wildman–Crippen MR) is 69.6 cm³/mol. The third-order valence-corrected chi connectivity index (χ3v) is 2.96. The topological polar surface area (TPSA) is 12.0 Å². The lowest BCUT2D eigenvalue weighted by Gasteiger charge is -2.11. The van der Waals surface area contributed by atoms with Crippen LogP contribution in [0.4, 0.5) is 18.9 Å². The number of rotatable bonds is 3. The van der Waals surface area contributed by atoms with Crippen LogP contribution in [0, 0.1) is 31.3 Å². The number of hydrogen-bond donors (Lipinski definition) is 1. The van der Waals surface area contributed by atoms with E-state index in [0.717, 1.165) is 16.7 Å². The van der Waals surface area contributed by atoms with Gasteiger partial charge in [-0.2, -0.15) is 0 Å². The number of nitrogens with one attached hydrogen (secondary N) is 1. The van der Waals surface area contributed by atoms with E-state index < -0.39 is 17.5 Å². The Morgan fingerprint density at radius 3 is 2.16 bits per heavy atom. The van der Waals surface area contributed by atoms with Crippen LogP contribution in [0.15, 0.2) is 30.3 Å². The fourth-order valence-corrected chi connectivity index (χ4v) is 1.94. The van der Waals surface area contributed by atoms with Crippen molar-refractivity contribution in [1.29, 1.82) is 0 Å². The van der Waals surface area contributed by atoms with Crippen molar-refractivity contribution in [2.75, 3.05) is 5.32 Å². The molecular weight excluding hydrogens is 251 g/mol. The highest BCUT2D eigenvalue weighted by Crippen LogP contribution is 2.21. The van der Waals surface area contributed by atoms with Gasteiger partial charge in [0.15, 0.2) is 11.6 Å². The number of halogens is 3. The van der Waals surface area contributed by atoms with Crippen LogP contribution in [0.5, 0.6) is 0 Å². The highest BCUT2D eigenvalue weighted by Gasteiger charge is 2.11. The molecule has 0 unspecified atom stereocenters. The van der Waals surface area contributed by atoms with E-state index in [2.05, 4.69) is 5.32 Å². The molecule has 19 heavy (non-hydrogen) atoms. The van der Waals surface area contributed by atoms with Crippen LogP contribution in [0.1, 0.15) is 16.7 Å². The van der Waals surface area contributed by atoms with Gasteiger partial charge in [0.2, 0.25) is 0 Å². The normalized spacial score (nSPS) is 10.6. The summed E-state index contributed by atoms with van der Waals surface area (Å²) in [6, 6.07) is 7.15. The van der Waals surface area contributed by atoms with E-state index in [0.29, 0.717) is 12.1 Å². The monoisotopic (exact) mass is 265 g/mol. The summed E-state index contributed by atoms with van der Waals surface area (Å²) >= 11 is 0. The minimum Gasteiger partial charge on any atom is -0.376 e. The van der Waals surface area contributed by atoms with E-state index in [9.17, 15) is 13.2 Å². The van der Waals surface area contributed by atoms with Gasteiger partial charge in [0.05, 0.1) is 0 Å². The maximum Gasteiger partial charge on any atom is 0.152 e. The highest BCUT2D eigenvalue weighted by atomic mass is 19.1. The fraction of sp³-hybridized carbons (Fsp3) is 0.200. The van der Waals surface area contributed by atoms with Crippen molar-refractivity contribution < 1.29 is 13.2 Å². The summed E-state index contributed by atoms with van der Waals surface area (Å²) in [4.78, 5) is 0. The first-order valence-electron chi connectivity index (χ1n) is 5.92. The summed E-state index contributed by atoms with van der Waals surface area (Å²) in [5.74, 6) is -2.78. The maximum absolute atomic E-state index is 13.4. The Bertz CT molecular complexity index is 585. The zero-order valence-electron chi connectivity index (χ0n) is 10.7. The first kappa shape index (κ1) is 13.5. The van der Waals surface area contributed by atoms with E-state index in [1.165, 1.54) is 0 Å². The van der Waals surface area contributed by atoms with Crippen molar-refractivity contribution in [3.05, 3.63) is 64.5 Å². The van der Waals surface area contributed by atoms with Gasteiger partial charge in [0.25, 0.3) is 0 Å². The van der Waals surface area contributed by atoms with Crippen molar-refractivity contribution in [2.24, 2.45) is 0 Å². The van der Waals surface area contributed by atoms with Crippen molar-refractivity contribution in [2.45, 2.75) is 20.4 Å². The van der Waals surface area contributed by atoms with Gasteiger partial charge in [-0.05, 0) is 25.0 Å². The molecule has 0 aromatic heterocycles. The molecule has 0 fully saturated rings. The molecule has 0 spiro atoms. The van der Waals surface area contributed by atoms with Crippen molar-refractivity contribution >= 4 is 5.69 Å². The molecule has 0 saturated heterocycles. The minimum absolute atomic E-state index is 0.283. The first-order chi connectivity index (χ1) is 8.97. The van der Waals surface area contributed by atoms with Crippen LogP contribution in [0.3, 0.4) is 0 Å². The van der Waals surface area contributed by atoms with Gasteiger partial charge in [-0.15, -0.1) is 0 Å². The van der Waals surface area contributed by atoms with E-state index in [1.54, 1.807) is 0 Å². The summed E-state index contributed by atoms with van der Waals surface area (Å²) in [7, 11) is 0. The molecule has 0 aliphatic heterocycles. The van der Waals surface area contributed by atoms with Gasteiger partial charge in [-0.1, -0.05) is 23.8 Å². The summed E-state index contributed by atoms with van der Waals surface area (Å²) < 4.78 is 39.6. The van der Waals surface area contributed by atoms with Crippen molar-refractivity contribution in [1.82, 2.24) is 0 Å². The molecule has 0 bridgehead atoms. The molecule has 100 valence electrons. The molecule has 2 rings (SSSR count). The Morgan fingerprint density at radius 1 is 0.947 bits per heavy atom. The van der Waals surface area contributed by atoms with Gasteiger partial charge in [-0.25, -0.2) is 13.2 Å². The lowest BCUT2D eigenvalue weighted by atomic mass is 10.1. The molecule has 0 heterocycles. The molecule has 4 heteroatoms. The summed E-state index contributed by atoms with van der Waals surface area (Å²) in [5.41, 5.74) is 2.80. The van der Waals surface area contributed by atoms with Crippen molar-refractivity contribution in [3.63, 3.8) is 0 Å². The number of aryl methyl sites for hydroxylation is 2. The molecule has 0 saturated carbocycles. The van der Waals surface area contributed by atoms with E-state index in [4.69, 9.17) is 0 Å². The molecule has 1 N–H and O–H groups in total. The molecular formula is C15H14F3N. The molecule has 0 radical (unpaired) electrons. The summed E-state index contributed by atoms with van der Waals surface area (Å²) in [6.07, 6.45) is 0. The average molecular weight is 265 g/mol. The zero-order valence-corrected chi connectivity index (χ0v) is 10.7.